The highest BCUT2D eigenvalue weighted by molar-refractivity contribution is 5.86. The van der Waals surface area contributed by atoms with E-state index in [2.05, 4.69) is 6.92 Å². The third-order valence-corrected chi connectivity index (χ3v) is 8.07. The Balaban J connectivity index is 1.44. The van der Waals surface area contributed by atoms with E-state index in [-0.39, 0.29) is 24.1 Å². The third kappa shape index (κ3) is 5.02. The Kier molecular flexibility index (Phi) is 7.66. The quantitative estimate of drug-likeness (QED) is 0.432. The summed E-state index contributed by atoms with van der Waals surface area (Å²) in [6, 6.07) is 3.80. The van der Waals surface area contributed by atoms with Gasteiger partial charge in [0.15, 0.2) is 6.61 Å². The molecule has 2 heterocycles. The number of benzene rings is 1. The van der Waals surface area contributed by atoms with E-state index in [1.54, 1.807) is 0 Å². The van der Waals surface area contributed by atoms with Gasteiger partial charge in [-0.15, -0.1) is 0 Å². The summed E-state index contributed by atoms with van der Waals surface area (Å²) in [5.74, 6) is 0.659. The maximum Gasteiger partial charge on any atom is 0.339 e. The number of carbonyl (C=O) groups excluding carboxylic acids is 1. The molecule has 1 saturated heterocycles. The van der Waals surface area contributed by atoms with E-state index in [1.165, 1.54) is 6.42 Å². The molecule has 2 unspecified atom stereocenters. The van der Waals surface area contributed by atoms with Crippen molar-refractivity contribution in [3.63, 3.8) is 0 Å². The lowest BCUT2D eigenvalue weighted by Gasteiger charge is -2.47. The Morgan fingerprint density at radius 1 is 1.18 bits per heavy atom. The molecule has 6 heteroatoms. The number of carbonyl (C=O) groups is 1. The van der Waals surface area contributed by atoms with E-state index >= 15 is 0 Å². The van der Waals surface area contributed by atoms with E-state index in [1.807, 2.05) is 30.9 Å². The predicted octanol–water partition coefficient (Wildman–Crippen LogP) is 5.07. The van der Waals surface area contributed by atoms with Gasteiger partial charge >= 0.3 is 5.63 Å². The molecule has 4 rings (SSSR count). The number of nitrogens with zero attached hydrogens (tertiary/aromatic N) is 1. The van der Waals surface area contributed by atoms with Crippen LogP contribution in [0.4, 0.5) is 0 Å². The van der Waals surface area contributed by atoms with Gasteiger partial charge in [0.25, 0.3) is 5.91 Å². The second-order valence-corrected chi connectivity index (χ2v) is 10.3. The van der Waals surface area contributed by atoms with Crippen molar-refractivity contribution in [2.75, 3.05) is 19.7 Å². The molecule has 1 aromatic carbocycles. The number of hydrogen-bond donors (Lipinski definition) is 1. The van der Waals surface area contributed by atoms with Crippen molar-refractivity contribution in [2.45, 2.75) is 90.6 Å². The lowest BCUT2D eigenvalue weighted by atomic mass is 9.71. The fraction of sp³-hybridized carbons (Fsp3) is 0.643. The van der Waals surface area contributed by atoms with Crippen LogP contribution in [0.15, 0.2) is 21.3 Å². The van der Waals surface area contributed by atoms with Crippen molar-refractivity contribution >= 4 is 16.9 Å². The summed E-state index contributed by atoms with van der Waals surface area (Å²) >= 11 is 0. The summed E-state index contributed by atoms with van der Waals surface area (Å²) in [6.07, 6.45) is 9.83. The lowest BCUT2D eigenvalue weighted by molar-refractivity contribution is -0.145. The Morgan fingerprint density at radius 3 is 2.79 bits per heavy atom. The molecule has 1 aliphatic carbocycles. The highest BCUT2D eigenvalue weighted by Crippen LogP contribution is 2.39. The van der Waals surface area contributed by atoms with Crippen molar-refractivity contribution in [3.05, 3.63) is 39.2 Å². The van der Waals surface area contributed by atoms with Gasteiger partial charge in [-0.05, 0) is 63.6 Å². The minimum absolute atomic E-state index is 0.0593. The molecule has 2 aliphatic rings. The van der Waals surface area contributed by atoms with Gasteiger partial charge < -0.3 is 19.2 Å². The average Bonchev–Trinajstić information content (AvgIpc) is 2.82. The van der Waals surface area contributed by atoms with Gasteiger partial charge in [0.2, 0.25) is 0 Å². The molecule has 1 amide bonds. The summed E-state index contributed by atoms with van der Waals surface area (Å²) in [5, 5.41) is 11.8. The predicted molar refractivity (Wildman–Crippen MR) is 133 cm³/mol. The number of hydrogen-bond acceptors (Lipinski definition) is 5. The molecule has 186 valence electrons. The summed E-state index contributed by atoms with van der Waals surface area (Å²) < 4.78 is 11.6. The molecular formula is C28H39NO5. The number of fused-ring (bicyclic) bond motifs is 2. The van der Waals surface area contributed by atoms with Gasteiger partial charge in [-0.3, -0.25) is 4.79 Å². The first-order valence-electron chi connectivity index (χ1n) is 13.0. The Labute approximate surface area is 202 Å². The number of unbranched alkanes of at least 4 members (excludes halogenated alkanes) is 3. The average molecular weight is 470 g/mol. The van der Waals surface area contributed by atoms with Crippen LogP contribution in [0.1, 0.15) is 81.4 Å². The smallest absolute Gasteiger partial charge is 0.339 e. The Morgan fingerprint density at radius 2 is 2.00 bits per heavy atom. The zero-order chi connectivity index (χ0) is 24.3. The zero-order valence-corrected chi connectivity index (χ0v) is 21.0. The van der Waals surface area contributed by atoms with Crippen LogP contribution in [0.3, 0.4) is 0 Å². The van der Waals surface area contributed by atoms with Gasteiger partial charge in [-0.2, -0.15) is 0 Å². The molecule has 1 aromatic heterocycles. The first-order chi connectivity index (χ1) is 16.3. The Hall–Kier alpha value is -2.34. The van der Waals surface area contributed by atoms with Crippen LogP contribution < -0.4 is 10.4 Å². The number of piperidine rings is 1. The van der Waals surface area contributed by atoms with Crippen molar-refractivity contribution in [1.82, 2.24) is 4.90 Å². The van der Waals surface area contributed by atoms with Crippen LogP contribution in [-0.4, -0.2) is 41.2 Å². The Bertz CT molecular complexity index is 1090. The van der Waals surface area contributed by atoms with Gasteiger partial charge in [0.1, 0.15) is 11.3 Å². The van der Waals surface area contributed by atoms with Crippen LogP contribution in [-0.2, 0) is 11.2 Å². The molecule has 1 N–H and O–H groups in total. The summed E-state index contributed by atoms with van der Waals surface area (Å²) in [7, 11) is 0. The standard InChI is InChI=1S/C28H39NO5/c1-4-5-6-7-11-23-19(2)22-12-13-24(20(3)26(22)34-27(23)31)33-18-25(30)29-16-15-28(32)14-9-8-10-21(28)17-29/h12-13,21,32H,4-11,14-18H2,1-3H3. The normalized spacial score (nSPS) is 22.6. The van der Waals surface area contributed by atoms with Crippen LogP contribution in [0, 0.1) is 19.8 Å². The maximum atomic E-state index is 12.9. The fourth-order valence-electron chi connectivity index (χ4n) is 5.77. The van der Waals surface area contributed by atoms with Crippen molar-refractivity contribution in [1.29, 1.82) is 0 Å². The fourth-order valence-corrected chi connectivity index (χ4v) is 5.77. The molecule has 0 radical (unpaired) electrons. The number of aryl methyl sites for hydroxylation is 2. The first kappa shape index (κ1) is 24.8. The molecule has 2 aromatic rings. The molecule has 1 aliphatic heterocycles. The van der Waals surface area contributed by atoms with E-state index in [0.717, 1.165) is 73.4 Å². The summed E-state index contributed by atoms with van der Waals surface area (Å²) in [6.45, 7) is 7.14. The zero-order valence-electron chi connectivity index (χ0n) is 21.0. The van der Waals surface area contributed by atoms with E-state index in [4.69, 9.17) is 9.15 Å². The molecule has 2 atom stereocenters. The highest BCUT2D eigenvalue weighted by Gasteiger charge is 2.43. The van der Waals surface area contributed by atoms with Crippen molar-refractivity contribution in [2.24, 2.45) is 5.92 Å². The number of amides is 1. The molecule has 1 saturated carbocycles. The number of likely N-dealkylation sites (tertiary alicyclic amines) is 1. The van der Waals surface area contributed by atoms with Crippen LogP contribution in [0.5, 0.6) is 5.75 Å². The van der Waals surface area contributed by atoms with E-state index < -0.39 is 5.60 Å². The van der Waals surface area contributed by atoms with Crippen molar-refractivity contribution < 1.29 is 19.1 Å². The molecular weight excluding hydrogens is 430 g/mol. The van der Waals surface area contributed by atoms with Crippen molar-refractivity contribution in [3.8, 4) is 5.75 Å². The minimum Gasteiger partial charge on any atom is -0.483 e. The van der Waals surface area contributed by atoms with Crippen LogP contribution in [0.2, 0.25) is 0 Å². The highest BCUT2D eigenvalue weighted by atomic mass is 16.5. The molecule has 0 bridgehead atoms. The summed E-state index contributed by atoms with van der Waals surface area (Å²) in [5.41, 5.74) is 2.14. The van der Waals surface area contributed by atoms with Crippen LogP contribution in [0.25, 0.3) is 11.0 Å². The SMILES string of the molecule is CCCCCCc1c(C)c2ccc(OCC(=O)N3CCC4(O)CCCCC4C3)c(C)c2oc1=O. The maximum absolute atomic E-state index is 12.9. The van der Waals surface area contributed by atoms with Crippen LogP contribution >= 0.6 is 0 Å². The molecule has 6 nitrogen and oxygen atoms in total. The molecule has 34 heavy (non-hydrogen) atoms. The lowest BCUT2D eigenvalue weighted by Crippen LogP contribution is -2.55. The molecule has 0 spiro atoms. The number of ether oxygens (including phenoxy) is 1. The number of aliphatic hydroxyl groups is 1. The second-order valence-electron chi connectivity index (χ2n) is 10.3. The third-order valence-electron chi connectivity index (χ3n) is 8.07. The van der Waals surface area contributed by atoms with E-state index in [0.29, 0.717) is 30.8 Å². The largest absolute Gasteiger partial charge is 0.483 e. The minimum atomic E-state index is -0.602. The van der Waals surface area contributed by atoms with Gasteiger partial charge in [0, 0.05) is 35.5 Å². The van der Waals surface area contributed by atoms with E-state index in [9.17, 15) is 14.7 Å². The van der Waals surface area contributed by atoms with Gasteiger partial charge in [-0.25, -0.2) is 4.79 Å². The molecule has 2 fully saturated rings. The monoisotopic (exact) mass is 469 g/mol. The topological polar surface area (TPSA) is 80.0 Å². The first-order valence-corrected chi connectivity index (χ1v) is 13.0. The number of rotatable bonds is 8. The second kappa shape index (κ2) is 10.5. The van der Waals surface area contributed by atoms with Gasteiger partial charge in [-0.1, -0.05) is 39.0 Å². The van der Waals surface area contributed by atoms with Gasteiger partial charge in [0.05, 0.1) is 5.60 Å². The summed E-state index contributed by atoms with van der Waals surface area (Å²) in [4.78, 5) is 27.4.